The highest BCUT2D eigenvalue weighted by Crippen LogP contribution is 2.62. The van der Waals surface area contributed by atoms with Crippen LogP contribution >= 0.6 is 46.4 Å². The van der Waals surface area contributed by atoms with Crippen LogP contribution in [0.25, 0.3) is 22.3 Å². The first kappa shape index (κ1) is 65.5. The zero-order chi connectivity index (χ0) is 68.0. The van der Waals surface area contributed by atoms with Gasteiger partial charge in [0.2, 0.25) is 0 Å². The van der Waals surface area contributed by atoms with Gasteiger partial charge in [-0.2, -0.15) is 0 Å². The minimum Gasteiger partial charge on any atom is -0.356 e. The molecule has 2 aliphatic rings. The molecule has 0 aromatic heterocycles. The van der Waals surface area contributed by atoms with E-state index < -0.39 is 5.41 Å². The maximum Gasteiger partial charge on any atom is 0.0529 e. The summed E-state index contributed by atoms with van der Waals surface area (Å²) in [6.07, 6.45) is 0. The average molecular weight is 1360 g/mol. The number of hydrogen-bond acceptors (Lipinski definition) is 5. The Morgan fingerprint density at radius 2 is 0.434 bits per heavy atom. The number of halogens is 4. The van der Waals surface area contributed by atoms with Gasteiger partial charge >= 0.3 is 0 Å². The van der Waals surface area contributed by atoms with E-state index in [1.807, 2.05) is 72.8 Å². The van der Waals surface area contributed by atoms with E-state index in [1.165, 1.54) is 22.3 Å². The molecule has 0 heterocycles. The van der Waals surface area contributed by atoms with Gasteiger partial charge in [0.25, 0.3) is 0 Å². The zero-order valence-electron chi connectivity index (χ0n) is 55.3. The highest BCUT2D eigenvalue weighted by Gasteiger charge is 2.44. The predicted molar refractivity (Wildman–Crippen MR) is 423 cm³/mol. The molecule has 0 saturated heterocycles. The number of para-hydroxylation sites is 10. The SMILES string of the molecule is CC1(C)c2c(Cl)cc(Cl)cc2-c2cc(Cl)cc(Cl)c21.CC1(C)c2c(cc(N(c3ccccc3)c3ccccc3)cc2N(c2ccccc2)c2ccccc2)-c2cc(N(c3ccccc3)c3ccccc3)cc(N(c3ccccc3)c3ccccc3)c21.c1ccc(Nc2ccccc2)cc1. The summed E-state index contributed by atoms with van der Waals surface area (Å²) < 4.78 is 0. The molecule has 0 fully saturated rings. The van der Waals surface area contributed by atoms with Gasteiger partial charge in [-0.15, -0.1) is 0 Å². The van der Waals surface area contributed by atoms with Gasteiger partial charge in [-0.05, 0) is 214 Å². The maximum absolute atomic E-state index is 6.38. The Balaban J connectivity index is 0.000000211. The fourth-order valence-electron chi connectivity index (χ4n) is 14.2. The van der Waals surface area contributed by atoms with Crippen molar-refractivity contribution in [2.45, 2.75) is 38.5 Å². The Kier molecular flexibility index (Phi) is 19.0. The molecule has 2 aliphatic carbocycles. The van der Waals surface area contributed by atoms with Crippen LogP contribution in [-0.4, -0.2) is 0 Å². The fourth-order valence-corrected chi connectivity index (χ4v) is 15.7. The van der Waals surface area contributed by atoms with Crippen LogP contribution in [0.4, 0.5) is 79.6 Å². The highest BCUT2D eigenvalue weighted by atomic mass is 35.5. The number of hydrogen-bond donors (Lipinski definition) is 1. The lowest BCUT2D eigenvalue weighted by molar-refractivity contribution is 0.661. The van der Waals surface area contributed by atoms with E-state index in [2.05, 4.69) is 320 Å². The number of rotatable bonds is 14. The molecule has 0 radical (unpaired) electrons. The van der Waals surface area contributed by atoms with Crippen molar-refractivity contribution in [3.05, 3.63) is 394 Å². The van der Waals surface area contributed by atoms with Crippen LogP contribution in [0.15, 0.2) is 352 Å². The summed E-state index contributed by atoms with van der Waals surface area (Å²) in [5.74, 6) is 0. The van der Waals surface area contributed by atoms with E-state index in [9.17, 15) is 0 Å². The number of anilines is 14. The molecule has 0 bridgehead atoms. The first-order chi connectivity index (χ1) is 48.3. The van der Waals surface area contributed by atoms with Crippen LogP contribution in [0.2, 0.25) is 20.1 Å². The van der Waals surface area contributed by atoms with Crippen LogP contribution in [0.3, 0.4) is 0 Å². The molecular weight excluding hydrogens is 1290 g/mol. The standard InChI is InChI=1S/C63H50N4.C15H10Cl4.C12H11N/c1-63(2)61-57(43-55(64(47-27-11-3-12-28-47)48-29-13-4-14-30-48)45-59(61)66(51-35-19-7-20-36-51)52-37-21-8-22-38-52)58-44-56(65(49-31-15-5-16-32-49)50-33-17-6-18-34-50)46-60(62(58)63)67(53-39-23-9-24-40-53)54-41-25-10-26-42-54;1-15(2)13-9(3-7(16)5-11(13)18)10-4-8(17)6-12(19)14(10)15;1-3-7-11(8-4-1)13-12-9-5-2-6-10-12/h3-46H,1-2H3;3-6H,1-2H3;1-10,13H. The number of fused-ring (bicyclic) bond motifs is 6. The van der Waals surface area contributed by atoms with Crippen molar-refractivity contribution in [2.24, 2.45) is 0 Å². The Morgan fingerprint density at radius 1 is 0.222 bits per heavy atom. The van der Waals surface area contributed by atoms with Gasteiger partial charge in [0.15, 0.2) is 0 Å². The quantitative estimate of drug-likeness (QED) is 0.117. The van der Waals surface area contributed by atoms with Crippen LogP contribution in [0.1, 0.15) is 49.9 Å². The third-order valence-electron chi connectivity index (χ3n) is 18.3. The molecule has 14 aromatic rings. The van der Waals surface area contributed by atoms with Gasteiger partial charge in [-0.1, -0.05) is 256 Å². The van der Waals surface area contributed by atoms with Crippen molar-refractivity contribution in [1.29, 1.82) is 0 Å². The van der Waals surface area contributed by atoms with Gasteiger partial charge in [0, 0.05) is 99.2 Å². The van der Waals surface area contributed by atoms with Gasteiger partial charge < -0.3 is 24.9 Å². The van der Waals surface area contributed by atoms with E-state index >= 15 is 0 Å². The Labute approximate surface area is 601 Å². The van der Waals surface area contributed by atoms with Gasteiger partial charge in [-0.3, -0.25) is 0 Å². The number of benzene rings is 14. The molecule has 0 aliphatic heterocycles. The van der Waals surface area contributed by atoms with Gasteiger partial charge in [0.05, 0.1) is 11.4 Å². The van der Waals surface area contributed by atoms with Crippen molar-refractivity contribution >= 4 is 126 Å². The van der Waals surface area contributed by atoms with Crippen molar-refractivity contribution in [1.82, 2.24) is 0 Å². The van der Waals surface area contributed by atoms with Gasteiger partial charge in [-0.25, -0.2) is 0 Å². The van der Waals surface area contributed by atoms with Gasteiger partial charge in [0.1, 0.15) is 0 Å². The molecule has 14 aromatic carbocycles. The summed E-state index contributed by atoms with van der Waals surface area (Å²) in [5, 5.41) is 5.86. The molecule has 9 heteroatoms. The Morgan fingerprint density at radius 3 is 0.687 bits per heavy atom. The zero-order valence-corrected chi connectivity index (χ0v) is 58.3. The van der Waals surface area contributed by atoms with E-state index in [4.69, 9.17) is 46.4 Å². The van der Waals surface area contributed by atoms with E-state index in [1.54, 1.807) is 12.1 Å². The topological polar surface area (TPSA) is 25.0 Å². The summed E-state index contributed by atoms with van der Waals surface area (Å²) in [7, 11) is 0. The third kappa shape index (κ3) is 13.4. The molecule has 0 saturated carbocycles. The maximum atomic E-state index is 6.38. The third-order valence-corrected chi connectivity index (χ3v) is 19.4. The van der Waals surface area contributed by atoms with E-state index in [-0.39, 0.29) is 5.41 Å². The highest BCUT2D eigenvalue weighted by molar-refractivity contribution is 6.38. The Hall–Kier alpha value is -10.8. The first-order valence-corrected chi connectivity index (χ1v) is 34.7. The first-order valence-electron chi connectivity index (χ1n) is 33.2. The molecule has 1 N–H and O–H groups in total. The molecule has 484 valence electrons. The second-order valence-corrected chi connectivity index (χ2v) is 27.2. The van der Waals surface area contributed by atoms with Crippen LogP contribution < -0.4 is 24.9 Å². The van der Waals surface area contributed by atoms with Crippen LogP contribution in [0, 0.1) is 0 Å². The molecule has 0 amide bonds. The van der Waals surface area contributed by atoms with Crippen molar-refractivity contribution in [2.75, 3.05) is 24.9 Å². The second kappa shape index (κ2) is 28.7. The molecule has 0 unspecified atom stereocenters. The Bertz CT molecular complexity index is 4600. The van der Waals surface area contributed by atoms with Crippen LogP contribution in [0.5, 0.6) is 0 Å². The van der Waals surface area contributed by atoms with Crippen molar-refractivity contribution in [3.63, 3.8) is 0 Å². The predicted octanol–water partition coefficient (Wildman–Crippen LogP) is 27.9. The minimum atomic E-state index is -0.509. The van der Waals surface area contributed by atoms with E-state index in [0.717, 1.165) is 102 Å². The average Bonchev–Trinajstić information content (AvgIpc) is 1.56. The second-order valence-electron chi connectivity index (χ2n) is 25.5. The summed E-state index contributed by atoms with van der Waals surface area (Å²) in [6, 6.07) is 124. The molecule has 5 nitrogen and oxygen atoms in total. The summed E-state index contributed by atoms with van der Waals surface area (Å²) >= 11 is 25.0. The lowest BCUT2D eigenvalue weighted by Gasteiger charge is -2.36. The van der Waals surface area contributed by atoms with E-state index in [0.29, 0.717) is 20.1 Å². The summed E-state index contributed by atoms with van der Waals surface area (Å²) in [6.45, 7) is 9.06. The van der Waals surface area contributed by atoms with Crippen LogP contribution in [-0.2, 0) is 10.8 Å². The normalized spacial score (nSPS) is 12.4. The fraction of sp³-hybridized carbons (Fsp3) is 0.0667. The number of nitrogens with zero attached hydrogens (tertiary/aromatic N) is 4. The number of nitrogens with one attached hydrogen (secondary N) is 1. The van der Waals surface area contributed by atoms with Crippen molar-refractivity contribution in [3.8, 4) is 22.3 Å². The molecule has 0 spiro atoms. The monoisotopic (exact) mass is 1360 g/mol. The molecule has 16 rings (SSSR count). The minimum absolute atomic E-state index is 0.256. The lowest BCUT2D eigenvalue weighted by Crippen LogP contribution is -2.24. The molecule has 99 heavy (non-hydrogen) atoms. The summed E-state index contributed by atoms with van der Waals surface area (Å²) in [4.78, 5) is 9.70. The molecular formula is C90H71Cl4N5. The lowest BCUT2D eigenvalue weighted by atomic mass is 9.79. The largest absolute Gasteiger partial charge is 0.356 e. The smallest absolute Gasteiger partial charge is 0.0529 e. The molecule has 0 atom stereocenters. The summed E-state index contributed by atoms with van der Waals surface area (Å²) in [5.41, 5.74) is 23.5. The van der Waals surface area contributed by atoms with Crippen molar-refractivity contribution < 1.29 is 0 Å².